The van der Waals surface area contributed by atoms with Crippen molar-refractivity contribution in [3.05, 3.63) is 30.1 Å². The maximum atomic E-state index is 12.1. The summed E-state index contributed by atoms with van der Waals surface area (Å²) in [4.78, 5) is 16.7. The van der Waals surface area contributed by atoms with Gasteiger partial charge in [0, 0.05) is 20.3 Å². The average molecular weight is 275 g/mol. The summed E-state index contributed by atoms with van der Waals surface area (Å²) in [5.41, 5.74) is 7.85. The van der Waals surface area contributed by atoms with Crippen LogP contribution in [-0.2, 0) is 22.5 Å². The standard InChI is InChI=1S/C15H21N3O2/c1-3-18-13-7-5-4-6-12(13)17-15(18)10-14(19)11(16)8-9-20-2/h4-7,11H,3,8-10,16H2,1-2H3. The van der Waals surface area contributed by atoms with E-state index in [1.165, 1.54) is 0 Å². The van der Waals surface area contributed by atoms with Gasteiger partial charge in [0.05, 0.1) is 23.5 Å². The molecule has 0 spiro atoms. The van der Waals surface area contributed by atoms with Crippen LogP contribution in [0.4, 0.5) is 0 Å². The Hall–Kier alpha value is -1.72. The van der Waals surface area contributed by atoms with Crippen molar-refractivity contribution in [1.82, 2.24) is 9.55 Å². The van der Waals surface area contributed by atoms with Gasteiger partial charge in [0.1, 0.15) is 5.82 Å². The van der Waals surface area contributed by atoms with E-state index >= 15 is 0 Å². The Labute approximate surface area is 118 Å². The van der Waals surface area contributed by atoms with Crippen molar-refractivity contribution in [3.63, 3.8) is 0 Å². The number of methoxy groups -OCH3 is 1. The van der Waals surface area contributed by atoms with E-state index in [-0.39, 0.29) is 12.2 Å². The van der Waals surface area contributed by atoms with Gasteiger partial charge in [-0.05, 0) is 25.5 Å². The van der Waals surface area contributed by atoms with Crippen LogP contribution in [0.5, 0.6) is 0 Å². The van der Waals surface area contributed by atoms with Crippen molar-refractivity contribution in [2.45, 2.75) is 32.4 Å². The van der Waals surface area contributed by atoms with E-state index < -0.39 is 6.04 Å². The molecule has 0 amide bonds. The third kappa shape index (κ3) is 3.05. The molecule has 5 heteroatoms. The summed E-state index contributed by atoms with van der Waals surface area (Å²) in [6.07, 6.45) is 0.815. The molecule has 0 fully saturated rings. The third-order valence-corrected chi connectivity index (χ3v) is 3.43. The number of nitrogens with two attached hydrogens (primary N) is 1. The van der Waals surface area contributed by atoms with Crippen molar-refractivity contribution >= 4 is 16.8 Å². The number of carbonyl (C=O) groups is 1. The molecule has 0 radical (unpaired) electrons. The number of ketones is 1. The Balaban J connectivity index is 2.18. The molecular formula is C15H21N3O2. The minimum Gasteiger partial charge on any atom is -0.385 e. The lowest BCUT2D eigenvalue weighted by Gasteiger charge is -2.10. The lowest BCUT2D eigenvalue weighted by molar-refractivity contribution is -0.120. The lowest BCUT2D eigenvalue weighted by Crippen LogP contribution is -2.33. The van der Waals surface area contributed by atoms with Crippen LogP contribution in [0.25, 0.3) is 11.0 Å². The number of rotatable bonds is 7. The third-order valence-electron chi connectivity index (χ3n) is 3.43. The molecule has 0 aliphatic carbocycles. The second-order valence-electron chi connectivity index (χ2n) is 4.79. The molecule has 1 heterocycles. The Bertz CT molecular complexity index is 592. The van der Waals surface area contributed by atoms with Gasteiger partial charge in [-0.1, -0.05) is 12.1 Å². The number of carbonyl (C=O) groups excluding carboxylic acids is 1. The summed E-state index contributed by atoms with van der Waals surface area (Å²) in [7, 11) is 1.60. The van der Waals surface area contributed by atoms with Crippen molar-refractivity contribution in [3.8, 4) is 0 Å². The number of aromatic nitrogens is 2. The molecule has 2 rings (SSSR count). The van der Waals surface area contributed by atoms with Gasteiger partial charge in [0.2, 0.25) is 0 Å². The Kier molecular flexibility index (Phi) is 4.87. The van der Waals surface area contributed by atoms with Gasteiger partial charge in [0.15, 0.2) is 5.78 Å². The predicted octanol–water partition coefficient (Wildman–Crippen LogP) is 1.53. The number of fused-ring (bicyclic) bond motifs is 1. The summed E-state index contributed by atoms with van der Waals surface area (Å²) in [6, 6.07) is 7.42. The zero-order valence-electron chi connectivity index (χ0n) is 12.0. The fourth-order valence-corrected chi connectivity index (χ4v) is 2.31. The number of aryl methyl sites for hydroxylation is 1. The molecule has 108 valence electrons. The predicted molar refractivity (Wildman–Crippen MR) is 78.6 cm³/mol. The van der Waals surface area contributed by atoms with E-state index in [1.807, 2.05) is 31.2 Å². The fraction of sp³-hybridized carbons (Fsp3) is 0.467. The monoisotopic (exact) mass is 275 g/mol. The van der Waals surface area contributed by atoms with E-state index in [1.54, 1.807) is 7.11 Å². The van der Waals surface area contributed by atoms with Crippen LogP contribution in [0.3, 0.4) is 0 Å². The summed E-state index contributed by atoms with van der Waals surface area (Å²) in [5.74, 6) is 0.790. The van der Waals surface area contributed by atoms with Crippen LogP contribution < -0.4 is 5.73 Å². The SMILES string of the molecule is CCn1c(CC(=O)C(N)CCOC)nc2ccccc21. The minimum absolute atomic E-state index is 0.00653. The molecule has 0 aliphatic rings. The first kappa shape index (κ1) is 14.7. The lowest BCUT2D eigenvalue weighted by atomic mass is 10.1. The Morgan fingerprint density at radius 1 is 1.45 bits per heavy atom. The van der Waals surface area contributed by atoms with E-state index in [0.29, 0.717) is 13.0 Å². The number of para-hydroxylation sites is 2. The maximum absolute atomic E-state index is 12.1. The zero-order valence-corrected chi connectivity index (χ0v) is 12.0. The van der Waals surface area contributed by atoms with Crippen LogP contribution in [0.1, 0.15) is 19.2 Å². The number of Topliss-reactive ketones (excluding diaryl/α,β-unsaturated/α-hetero) is 1. The number of ether oxygens (including phenoxy) is 1. The van der Waals surface area contributed by atoms with Crippen LogP contribution in [0.15, 0.2) is 24.3 Å². The molecule has 1 aromatic heterocycles. The van der Waals surface area contributed by atoms with Crippen LogP contribution in [0.2, 0.25) is 0 Å². The number of benzene rings is 1. The number of hydrogen-bond acceptors (Lipinski definition) is 4. The van der Waals surface area contributed by atoms with Crippen molar-refractivity contribution < 1.29 is 9.53 Å². The topological polar surface area (TPSA) is 70.1 Å². The van der Waals surface area contributed by atoms with Gasteiger partial charge in [-0.15, -0.1) is 0 Å². The van der Waals surface area contributed by atoms with Gasteiger partial charge in [-0.3, -0.25) is 4.79 Å². The van der Waals surface area contributed by atoms with Crippen LogP contribution in [-0.4, -0.2) is 35.1 Å². The molecule has 0 aliphatic heterocycles. The van der Waals surface area contributed by atoms with E-state index in [4.69, 9.17) is 10.5 Å². The second kappa shape index (κ2) is 6.63. The maximum Gasteiger partial charge on any atom is 0.157 e. The number of hydrogen-bond donors (Lipinski definition) is 1. The zero-order chi connectivity index (χ0) is 14.5. The molecule has 2 aromatic rings. The van der Waals surface area contributed by atoms with Crippen LogP contribution in [0, 0.1) is 0 Å². The second-order valence-corrected chi connectivity index (χ2v) is 4.79. The number of imidazole rings is 1. The molecule has 20 heavy (non-hydrogen) atoms. The largest absolute Gasteiger partial charge is 0.385 e. The smallest absolute Gasteiger partial charge is 0.157 e. The van der Waals surface area contributed by atoms with Crippen molar-refractivity contribution in [2.75, 3.05) is 13.7 Å². The quantitative estimate of drug-likeness (QED) is 0.832. The summed E-state index contributed by atoms with van der Waals surface area (Å²) in [6.45, 7) is 3.33. The van der Waals surface area contributed by atoms with Gasteiger partial charge in [-0.25, -0.2) is 4.98 Å². The van der Waals surface area contributed by atoms with Gasteiger partial charge < -0.3 is 15.0 Å². The van der Waals surface area contributed by atoms with Crippen molar-refractivity contribution in [1.29, 1.82) is 0 Å². The molecule has 2 N–H and O–H groups in total. The van der Waals surface area contributed by atoms with E-state index in [0.717, 1.165) is 23.4 Å². The molecule has 0 bridgehead atoms. The molecule has 0 saturated carbocycles. The van der Waals surface area contributed by atoms with Gasteiger partial charge >= 0.3 is 0 Å². The Morgan fingerprint density at radius 3 is 2.90 bits per heavy atom. The average Bonchev–Trinajstić information content (AvgIpc) is 2.81. The van der Waals surface area contributed by atoms with Gasteiger partial charge in [0.25, 0.3) is 0 Å². The van der Waals surface area contributed by atoms with Gasteiger partial charge in [-0.2, -0.15) is 0 Å². The molecule has 0 saturated heterocycles. The normalized spacial score (nSPS) is 12.8. The molecule has 1 unspecified atom stereocenters. The molecule has 5 nitrogen and oxygen atoms in total. The first-order valence-corrected chi connectivity index (χ1v) is 6.88. The highest BCUT2D eigenvalue weighted by atomic mass is 16.5. The van der Waals surface area contributed by atoms with E-state index in [2.05, 4.69) is 9.55 Å². The molecule has 1 aromatic carbocycles. The molecular weight excluding hydrogens is 254 g/mol. The highest BCUT2D eigenvalue weighted by Crippen LogP contribution is 2.16. The van der Waals surface area contributed by atoms with E-state index in [9.17, 15) is 4.79 Å². The first-order chi connectivity index (χ1) is 9.67. The Morgan fingerprint density at radius 2 is 2.20 bits per heavy atom. The summed E-state index contributed by atoms with van der Waals surface area (Å²) in [5, 5.41) is 0. The summed E-state index contributed by atoms with van der Waals surface area (Å²) < 4.78 is 7.02. The summed E-state index contributed by atoms with van der Waals surface area (Å²) >= 11 is 0. The molecule has 1 atom stereocenters. The number of nitrogens with zero attached hydrogens (tertiary/aromatic N) is 2. The fourth-order valence-electron chi connectivity index (χ4n) is 2.31. The minimum atomic E-state index is -0.486. The highest BCUT2D eigenvalue weighted by molar-refractivity contribution is 5.86. The highest BCUT2D eigenvalue weighted by Gasteiger charge is 2.18. The van der Waals surface area contributed by atoms with Crippen molar-refractivity contribution in [2.24, 2.45) is 5.73 Å². The first-order valence-electron chi connectivity index (χ1n) is 6.88. The van der Waals surface area contributed by atoms with Crippen LogP contribution >= 0.6 is 0 Å².